The van der Waals surface area contributed by atoms with Crippen LogP contribution in [0.2, 0.25) is 0 Å². The predicted octanol–water partition coefficient (Wildman–Crippen LogP) is 4.03. The standard InChI is InChI=1S/C25H27N3O5/c1-16(2)25(31)33-23-10-6-5-9-22(23)32-24(30)14-12-17-11-13-21(29)20(15-17)28-19-8-4-3-7-18(19)26-27-28/h3-4,7-8,11,13,15,22-23,29H,1,5-6,9-10,12,14H2,2H3. The van der Waals surface area contributed by atoms with Gasteiger partial charge in [-0.15, -0.1) is 5.10 Å². The molecule has 172 valence electrons. The highest BCUT2D eigenvalue weighted by atomic mass is 16.6. The summed E-state index contributed by atoms with van der Waals surface area (Å²) >= 11 is 0. The van der Waals surface area contributed by atoms with Crippen molar-refractivity contribution in [1.82, 2.24) is 15.0 Å². The van der Waals surface area contributed by atoms with Gasteiger partial charge in [0.05, 0.1) is 5.52 Å². The fourth-order valence-corrected chi connectivity index (χ4v) is 3.99. The van der Waals surface area contributed by atoms with E-state index in [0.29, 0.717) is 30.5 Å². The van der Waals surface area contributed by atoms with Gasteiger partial charge in [-0.3, -0.25) is 4.79 Å². The highest BCUT2D eigenvalue weighted by Crippen LogP contribution is 2.27. The number of carbonyl (C=O) groups excluding carboxylic acids is 2. The van der Waals surface area contributed by atoms with Crippen molar-refractivity contribution in [1.29, 1.82) is 0 Å². The first-order valence-corrected chi connectivity index (χ1v) is 11.1. The summed E-state index contributed by atoms with van der Waals surface area (Å²) in [6.07, 6.45) is 2.91. The van der Waals surface area contributed by atoms with Crippen LogP contribution >= 0.6 is 0 Å². The van der Waals surface area contributed by atoms with Crippen LogP contribution in [0.1, 0.15) is 44.6 Å². The molecule has 1 aliphatic carbocycles. The minimum absolute atomic E-state index is 0.0707. The lowest BCUT2D eigenvalue weighted by atomic mass is 9.94. The molecule has 0 radical (unpaired) electrons. The Morgan fingerprint density at radius 1 is 1.12 bits per heavy atom. The molecule has 0 amide bonds. The molecule has 1 fully saturated rings. The van der Waals surface area contributed by atoms with Gasteiger partial charge in [0.25, 0.3) is 0 Å². The van der Waals surface area contributed by atoms with Crippen LogP contribution in [-0.4, -0.2) is 44.2 Å². The first-order chi connectivity index (χ1) is 15.9. The van der Waals surface area contributed by atoms with E-state index in [0.717, 1.165) is 29.4 Å². The maximum Gasteiger partial charge on any atom is 0.333 e. The van der Waals surface area contributed by atoms with Gasteiger partial charge in [-0.05, 0) is 68.9 Å². The van der Waals surface area contributed by atoms with E-state index >= 15 is 0 Å². The molecular formula is C25H27N3O5. The number of aromatic nitrogens is 3. The van der Waals surface area contributed by atoms with Gasteiger partial charge < -0.3 is 14.6 Å². The molecule has 2 unspecified atom stereocenters. The lowest BCUT2D eigenvalue weighted by Crippen LogP contribution is -2.38. The summed E-state index contributed by atoms with van der Waals surface area (Å²) in [7, 11) is 0. The fourth-order valence-electron chi connectivity index (χ4n) is 3.99. The summed E-state index contributed by atoms with van der Waals surface area (Å²) in [5, 5.41) is 18.7. The van der Waals surface area contributed by atoms with Crippen LogP contribution in [0.3, 0.4) is 0 Å². The Hall–Kier alpha value is -3.68. The second-order valence-corrected chi connectivity index (χ2v) is 8.35. The van der Waals surface area contributed by atoms with E-state index in [2.05, 4.69) is 16.9 Å². The van der Waals surface area contributed by atoms with Crippen molar-refractivity contribution >= 4 is 23.0 Å². The zero-order valence-corrected chi connectivity index (χ0v) is 18.6. The number of aryl methyl sites for hydroxylation is 1. The molecule has 1 heterocycles. The highest BCUT2D eigenvalue weighted by Gasteiger charge is 2.31. The van der Waals surface area contributed by atoms with E-state index < -0.39 is 18.2 Å². The molecule has 8 nitrogen and oxygen atoms in total. The summed E-state index contributed by atoms with van der Waals surface area (Å²) in [5.74, 6) is -0.735. The van der Waals surface area contributed by atoms with Crippen LogP contribution in [0.15, 0.2) is 54.6 Å². The maximum absolute atomic E-state index is 12.5. The molecule has 0 bridgehead atoms. The van der Waals surface area contributed by atoms with Gasteiger partial charge in [-0.1, -0.05) is 30.0 Å². The second-order valence-electron chi connectivity index (χ2n) is 8.35. The molecule has 0 spiro atoms. The topological polar surface area (TPSA) is 104 Å². The van der Waals surface area contributed by atoms with Gasteiger partial charge >= 0.3 is 11.9 Å². The van der Waals surface area contributed by atoms with Crippen molar-refractivity contribution in [2.45, 2.75) is 57.7 Å². The third kappa shape index (κ3) is 5.22. The number of fused-ring (bicyclic) bond motifs is 1. The average Bonchev–Trinajstić information content (AvgIpc) is 3.23. The number of hydrogen-bond acceptors (Lipinski definition) is 7. The van der Waals surface area contributed by atoms with Gasteiger partial charge in [-0.2, -0.15) is 0 Å². The zero-order valence-electron chi connectivity index (χ0n) is 18.6. The molecule has 0 saturated heterocycles. The van der Waals surface area contributed by atoms with E-state index in [4.69, 9.17) is 9.47 Å². The molecule has 1 aliphatic rings. The third-order valence-corrected chi connectivity index (χ3v) is 5.77. The Morgan fingerprint density at radius 2 is 1.85 bits per heavy atom. The highest BCUT2D eigenvalue weighted by molar-refractivity contribution is 5.87. The number of nitrogens with zero attached hydrogens (tertiary/aromatic N) is 3. The van der Waals surface area contributed by atoms with Crippen molar-refractivity contribution in [3.8, 4) is 11.4 Å². The quantitative estimate of drug-likeness (QED) is 0.429. The number of ether oxygens (including phenoxy) is 2. The van der Waals surface area contributed by atoms with Gasteiger partial charge in [0.15, 0.2) is 0 Å². The van der Waals surface area contributed by atoms with Crippen molar-refractivity contribution in [2.24, 2.45) is 0 Å². The Kier molecular flexibility index (Phi) is 6.72. The van der Waals surface area contributed by atoms with Crippen LogP contribution in [0.5, 0.6) is 5.75 Å². The minimum Gasteiger partial charge on any atom is -0.506 e. The first kappa shape index (κ1) is 22.5. The van der Waals surface area contributed by atoms with Gasteiger partial charge in [0, 0.05) is 12.0 Å². The molecule has 1 saturated carbocycles. The number of para-hydroxylation sites is 1. The van der Waals surface area contributed by atoms with Crippen LogP contribution in [0.25, 0.3) is 16.7 Å². The molecule has 3 aromatic rings. The molecule has 1 N–H and O–H groups in total. The Bertz CT molecular complexity index is 1190. The van der Waals surface area contributed by atoms with E-state index in [-0.39, 0.29) is 18.1 Å². The molecular weight excluding hydrogens is 422 g/mol. The lowest BCUT2D eigenvalue weighted by Gasteiger charge is -2.30. The van der Waals surface area contributed by atoms with E-state index in [1.807, 2.05) is 24.3 Å². The number of aromatic hydroxyl groups is 1. The molecule has 2 atom stereocenters. The van der Waals surface area contributed by atoms with E-state index in [9.17, 15) is 14.7 Å². The molecule has 33 heavy (non-hydrogen) atoms. The number of rotatable bonds is 7. The van der Waals surface area contributed by atoms with E-state index in [1.165, 1.54) is 0 Å². The molecule has 1 aromatic heterocycles. The maximum atomic E-state index is 12.5. The third-order valence-electron chi connectivity index (χ3n) is 5.77. The Balaban J connectivity index is 1.41. The first-order valence-electron chi connectivity index (χ1n) is 11.1. The number of phenolic OH excluding ortho intramolecular Hbond substituents is 1. The number of carbonyl (C=O) groups is 2. The van der Waals surface area contributed by atoms with Crippen LogP contribution in [0.4, 0.5) is 0 Å². The second kappa shape index (κ2) is 9.85. The number of hydrogen-bond donors (Lipinski definition) is 1. The predicted molar refractivity (Wildman–Crippen MR) is 122 cm³/mol. The molecule has 0 aliphatic heterocycles. The number of phenols is 1. The van der Waals surface area contributed by atoms with Gasteiger partial charge in [0.2, 0.25) is 0 Å². The average molecular weight is 450 g/mol. The minimum atomic E-state index is -0.458. The SMILES string of the molecule is C=C(C)C(=O)OC1CCCCC1OC(=O)CCc1ccc(O)c(-n2nnc3ccccc32)c1. The summed E-state index contributed by atoms with van der Waals surface area (Å²) in [6, 6.07) is 12.6. The van der Waals surface area contributed by atoms with Crippen molar-refractivity contribution in [2.75, 3.05) is 0 Å². The zero-order chi connectivity index (χ0) is 23.4. The summed E-state index contributed by atoms with van der Waals surface area (Å²) in [5.41, 5.74) is 3.17. The summed E-state index contributed by atoms with van der Waals surface area (Å²) < 4.78 is 12.7. The molecule has 2 aromatic carbocycles. The van der Waals surface area contributed by atoms with Gasteiger partial charge in [0.1, 0.15) is 29.2 Å². The van der Waals surface area contributed by atoms with Crippen LogP contribution in [0, 0.1) is 0 Å². The van der Waals surface area contributed by atoms with Crippen LogP contribution < -0.4 is 0 Å². The van der Waals surface area contributed by atoms with Crippen molar-refractivity contribution in [3.63, 3.8) is 0 Å². The largest absolute Gasteiger partial charge is 0.506 e. The van der Waals surface area contributed by atoms with Crippen LogP contribution in [-0.2, 0) is 25.5 Å². The lowest BCUT2D eigenvalue weighted by molar-refractivity contribution is -0.169. The number of esters is 2. The summed E-state index contributed by atoms with van der Waals surface area (Å²) in [4.78, 5) is 24.4. The van der Waals surface area contributed by atoms with Gasteiger partial charge in [-0.25, -0.2) is 9.48 Å². The normalized spacial score (nSPS) is 18.1. The Morgan fingerprint density at radius 3 is 2.61 bits per heavy atom. The van der Waals surface area contributed by atoms with E-state index in [1.54, 1.807) is 29.8 Å². The smallest absolute Gasteiger partial charge is 0.333 e. The van der Waals surface area contributed by atoms with Crippen molar-refractivity contribution in [3.05, 3.63) is 60.2 Å². The number of benzene rings is 2. The Labute approximate surface area is 191 Å². The fraction of sp³-hybridized carbons (Fsp3) is 0.360. The monoisotopic (exact) mass is 449 g/mol. The summed E-state index contributed by atoms with van der Waals surface area (Å²) in [6.45, 7) is 5.21. The van der Waals surface area contributed by atoms with Crippen molar-refractivity contribution < 1.29 is 24.2 Å². The molecule has 4 rings (SSSR count). The molecule has 8 heteroatoms.